The molecule has 0 aliphatic carbocycles. The number of hydrogen-bond acceptors (Lipinski definition) is 3. The van der Waals surface area contributed by atoms with Crippen LogP contribution in [0, 0.1) is 12.7 Å². The van der Waals surface area contributed by atoms with Gasteiger partial charge in [0.1, 0.15) is 23.0 Å². The van der Waals surface area contributed by atoms with E-state index in [-0.39, 0.29) is 5.82 Å². The predicted octanol–water partition coefficient (Wildman–Crippen LogP) is 2.88. The highest BCUT2D eigenvalue weighted by Crippen LogP contribution is 2.07. The van der Waals surface area contributed by atoms with E-state index in [9.17, 15) is 9.18 Å². The van der Waals surface area contributed by atoms with Crippen LogP contribution in [0.3, 0.4) is 0 Å². The van der Waals surface area contributed by atoms with E-state index in [1.165, 1.54) is 24.3 Å². The lowest BCUT2D eigenvalue weighted by Crippen LogP contribution is -2.19. The van der Waals surface area contributed by atoms with Gasteiger partial charge >= 0.3 is 0 Å². The van der Waals surface area contributed by atoms with Crippen molar-refractivity contribution in [2.75, 3.05) is 0 Å². The molecule has 1 aromatic carbocycles. The van der Waals surface area contributed by atoms with Crippen LogP contribution in [0.4, 0.5) is 4.39 Å². The van der Waals surface area contributed by atoms with E-state index in [1.54, 1.807) is 13.0 Å². The van der Waals surface area contributed by atoms with Gasteiger partial charge in [-0.15, -0.1) is 0 Å². The summed E-state index contributed by atoms with van der Waals surface area (Å²) < 4.78 is 18.1. The first-order valence-corrected chi connectivity index (χ1v) is 5.73. The molecule has 2 rings (SSSR count). The number of amides is 1. The Hall–Kier alpha value is -2.43. The third-order valence-corrected chi connectivity index (χ3v) is 2.53. The highest BCUT2D eigenvalue weighted by atomic mass is 19.1. The molecule has 2 aromatic rings. The fourth-order valence-electron chi connectivity index (χ4n) is 1.48. The Bertz CT molecular complexity index is 615. The number of halogens is 1. The Balaban J connectivity index is 2.05. The van der Waals surface area contributed by atoms with Gasteiger partial charge in [0.2, 0.25) is 0 Å². The molecule has 1 aromatic heterocycles. The zero-order valence-electron chi connectivity index (χ0n) is 10.6. The van der Waals surface area contributed by atoms with Gasteiger partial charge in [-0.3, -0.25) is 4.79 Å². The number of nitrogens with one attached hydrogen (secondary N) is 1. The number of carbonyl (C=O) groups is 1. The summed E-state index contributed by atoms with van der Waals surface area (Å²) in [5, 5.41) is 3.94. The van der Waals surface area contributed by atoms with Crippen LogP contribution in [-0.2, 0) is 0 Å². The lowest BCUT2D eigenvalue weighted by Gasteiger charge is -2.01. The second-order valence-corrected chi connectivity index (χ2v) is 4.06. The molecule has 0 unspecified atom stereocenters. The molecule has 0 aliphatic rings. The second kappa shape index (κ2) is 5.48. The third-order valence-electron chi connectivity index (χ3n) is 2.53. The summed E-state index contributed by atoms with van der Waals surface area (Å²) in [6.45, 7) is 3.55. The first kappa shape index (κ1) is 13.0. The average Bonchev–Trinajstić information content (AvgIpc) is 2.83. The summed E-state index contributed by atoms with van der Waals surface area (Å²) in [6.07, 6.45) is 0. The van der Waals surface area contributed by atoms with Gasteiger partial charge in [-0.1, -0.05) is 0 Å². The molecular weight excluding hydrogens is 247 g/mol. The van der Waals surface area contributed by atoms with Gasteiger partial charge in [0.05, 0.1) is 0 Å². The topological polar surface area (TPSA) is 54.6 Å². The van der Waals surface area contributed by atoms with Crippen LogP contribution in [0.1, 0.15) is 28.8 Å². The van der Waals surface area contributed by atoms with Crippen molar-refractivity contribution in [3.63, 3.8) is 0 Å². The number of carbonyl (C=O) groups excluding carboxylic acids is 1. The van der Waals surface area contributed by atoms with Crippen LogP contribution in [0.25, 0.3) is 0 Å². The highest BCUT2D eigenvalue weighted by molar-refractivity contribution is 5.99. The van der Waals surface area contributed by atoms with Gasteiger partial charge in [-0.2, -0.15) is 5.10 Å². The highest BCUT2D eigenvalue weighted by Gasteiger charge is 2.06. The normalized spacial score (nSPS) is 11.4. The SMILES string of the molecule is C/C(=N\NC(=O)c1ccc(F)cc1)c1ccc(C)o1. The molecule has 5 heteroatoms. The molecule has 19 heavy (non-hydrogen) atoms. The Labute approximate surface area is 109 Å². The maximum Gasteiger partial charge on any atom is 0.271 e. The monoisotopic (exact) mass is 260 g/mol. The quantitative estimate of drug-likeness (QED) is 0.681. The fourth-order valence-corrected chi connectivity index (χ4v) is 1.48. The fraction of sp³-hybridized carbons (Fsp3) is 0.143. The van der Waals surface area contributed by atoms with Gasteiger partial charge in [-0.05, 0) is 50.2 Å². The van der Waals surface area contributed by atoms with Crippen molar-refractivity contribution in [3.05, 3.63) is 59.3 Å². The maximum atomic E-state index is 12.7. The number of rotatable bonds is 3. The molecule has 0 spiro atoms. The minimum atomic E-state index is -0.400. The molecule has 0 atom stereocenters. The summed E-state index contributed by atoms with van der Waals surface area (Å²) >= 11 is 0. The van der Waals surface area contributed by atoms with Crippen molar-refractivity contribution >= 4 is 11.6 Å². The largest absolute Gasteiger partial charge is 0.460 e. The van der Waals surface area contributed by atoms with E-state index in [1.807, 2.05) is 13.0 Å². The lowest BCUT2D eigenvalue weighted by molar-refractivity contribution is 0.0955. The number of aryl methyl sites for hydroxylation is 1. The van der Waals surface area contributed by atoms with Crippen LogP contribution in [0.2, 0.25) is 0 Å². The van der Waals surface area contributed by atoms with E-state index in [0.29, 0.717) is 17.0 Å². The Morgan fingerprint density at radius 2 is 1.89 bits per heavy atom. The van der Waals surface area contributed by atoms with Gasteiger partial charge < -0.3 is 4.42 Å². The number of hydrogen-bond donors (Lipinski definition) is 1. The van der Waals surface area contributed by atoms with E-state index in [4.69, 9.17) is 4.42 Å². The smallest absolute Gasteiger partial charge is 0.271 e. The second-order valence-electron chi connectivity index (χ2n) is 4.06. The Morgan fingerprint density at radius 1 is 1.21 bits per heavy atom. The van der Waals surface area contributed by atoms with Crippen LogP contribution in [-0.4, -0.2) is 11.6 Å². The van der Waals surface area contributed by atoms with Crippen molar-refractivity contribution in [2.45, 2.75) is 13.8 Å². The van der Waals surface area contributed by atoms with Crippen LogP contribution >= 0.6 is 0 Å². The van der Waals surface area contributed by atoms with Crippen LogP contribution in [0.5, 0.6) is 0 Å². The first-order chi connectivity index (χ1) is 9.06. The zero-order valence-corrected chi connectivity index (χ0v) is 10.6. The third kappa shape index (κ3) is 3.28. The summed E-state index contributed by atoms with van der Waals surface area (Å²) in [7, 11) is 0. The molecule has 0 radical (unpaired) electrons. The zero-order chi connectivity index (χ0) is 13.8. The van der Waals surface area contributed by atoms with Gasteiger partial charge in [-0.25, -0.2) is 9.82 Å². The van der Waals surface area contributed by atoms with Crippen molar-refractivity contribution < 1.29 is 13.6 Å². The lowest BCUT2D eigenvalue weighted by atomic mass is 10.2. The van der Waals surface area contributed by atoms with Crippen molar-refractivity contribution in [3.8, 4) is 0 Å². The molecule has 0 aliphatic heterocycles. The summed E-state index contributed by atoms with van der Waals surface area (Å²) in [4.78, 5) is 11.7. The van der Waals surface area contributed by atoms with E-state index >= 15 is 0 Å². The standard InChI is InChI=1S/C14H13FN2O2/c1-9-3-8-13(19-9)10(2)16-17-14(18)11-4-6-12(15)7-5-11/h3-8H,1-2H3,(H,17,18)/b16-10+. The molecule has 0 bridgehead atoms. The molecular formula is C14H13FN2O2. The molecule has 98 valence electrons. The van der Waals surface area contributed by atoms with Crippen LogP contribution in [0.15, 0.2) is 45.9 Å². The molecule has 4 nitrogen and oxygen atoms in total. The van der Waals surface area contributed by atoms with E-state index in [2.05, 4.69) is 10.5 Å². The van der Waals surface area contributed by atoms with Gasteiger partial charge in [0.25, 0.3) is 5.91 Å². The first-order valence-electron chi connectivity index (χ1n) is 5.73. The van der Waals surface area contributed by atoms with Crippen LogP contribution < -0.4 is 5.43 Å². The minimum absolute atomic E-state index is 0.341. The Kier molecular flexibility index (Phi) is 3.75. The van der Waals surface area contributed by atoms with Gasteiger partial charge in [0.15, 0.2) is 0 Å². The van der Waals surface area contributed by atoms with Crippen molar-refractivity contribution in [1.82, 2.24) is 5.43 Å². The number of nitrogens with zero attached hydrogens (tertiary/aromatic N) is 1. The predicted molar refractivity (Wildman–Crippen MR) is 69.5 cm³/mol. The molecule has 0 saturated heterocycles. The molecule has 1 heterocycles. The molecule has 1 N–H and O–H groups in total. The molecule has 0 saturated carbocycles. The minimum Gasteiger partial charge on any atom is -0.460 e. The Morgan fingerprint density at radius 3 is 2.47 bits per heavy atom. The number of furan rings is 1. The molecule has 0 fully saturated rings. The summed E-state index contributed by atoms with van der Waals surface area (Å²) in [5.74, 6) is 0.580. The number of hydrazone groups is 1. The maximum absolute atomic E-state index is 12.7. The van der Waals surface area contributed by atoms with Crippen molar-refractivity contribution in [1.29, 1.82) is 0 Å². The average molecular weight is 260 g/mol. The summed E-state index contributed by atoms with van der Waals surface area (Å²) in [6, 6.07) is 8.83. The van der Waals surface area contributed by atoms with E-state index < -0.39 is 5.91 Å². The van der Waals surface area contributed by atoms with Crippen molar-refractivity contribution in [2.24, 2.45) is 5.10 Å². The summed E-state index contributed by atoms with van der Waals surface area (Å²) in [5.41, 5.74) is 3.29. The number of benzene rings is 1. The molecule has 1 amide bonds. The van der Waals surface area contributed by atoms with E-state index in [0.717, 1.165) is 5.76 Å². The van der Waals surface area contributed by atoms with Gasteiger partial charge in [0, 0.05) is 5.56 Å².